The number of carbonyl (C=O) groups is 2. The average Bonchev–Trinajstić information content (AvgIpc) is 2.58. The van der Waals surface area contributed by atoms with Crippen molar-refractivity contribution in [2.75, 3.05) is 5.32 Å². The number of anilines is 1. The summed E-state index contributed by atoms with van der Waals surface area (Å²) in [5.74, 6) is -0.551. The van der Waals surface area contributed by atoms with Crippen LogP contribution in [0.2, 0.25) is 10.0 Å². The molecule has 0 radical (unpaired) electrons. The number of halogens is 2. The number of amides is 3. The molecule has 0 aliphatic rings. The van der Waals surface area contributed by atoms with E-state index in [2.05, 4.69) is 20.6 Å². The van der Waals surface area contributed by atoms with E-state index in [4.69, 9.17) is 23.2 Å². The summed E-state index contributed by atoms with van der Waals surface area (Å²) in [6.07, 6.45) is 0. The first-order chi connectivity index (χ1) is 12.3. The molecule has 6 nitrogen and oxygen atoms in total. The van der Waals surface area contributed by atoms with Gasteiger partial charge in [0.05, 0.1) is 32.5 Å². The van der Waals surface area contributed by atoms with Gasteiger partial charge in [-0.2, -0.15) is 0 Å². The molecule has 0 aliphatic heterocycles. The van der Waals surface area contributed by atoms with Crippen molar-refractivity contribution >= 4 is 51.9 Å². The monoisotopic (exact) mass is 388 g/mol. The third-order valence-corrected chi connectivity index (χ3v) is 4.48. The molecular formula is C18H14Cl2N4O2. The van der Waals surface area contributed by atoms with Crippen LogP contribution in [0.4, 0.5) is 10.5 Å². The largest absolute Gasteiger partial charge is 0.326 e. The second-order valence-electron chi connectivity index (χ2n) is 5.64. The van der Waals surface area contributed by atoms with Crippen molar-refractivity contribution in [1.29, 1.82) is 0 Å². The van der Waals surface area contributed by atoms with Crippen molar-refractivity contribution in [2.45, 2.75) is 13.8 Å². The highest BCUT2D eigenvalue weighted by atomic mass is 35.5. The Labute approximate surface area is 159 Å². The van der Waals surface area contributed by atoms with Crippen LogP contribution in [0.1, 0.15) is 21.7 Å². The third-order valence-electron chi connectivity index (χ3n) is 3.74. The van der Waals surface area contributed by atoms with Gasteiger partial charge in [-0.05, 0) is 50.2 Å². The second kappa shape index (κ2) is 7.27. The van der Waals surface area contributed by atoms with Gasteiger partial charge in [0, 0.05) is 11.3 Å². The first-order valence-electron chi connectivity index (χ1n) is 7.66. The molecule has 0 bridgehead atoms. The molecule has 26 heavy (non-hydrogen) atoms. The topological polar surface area (TPSA) is 84.0 Å². The Morgan fingerprint density at radius 3 is 2.27 bits per heavy atom. The van der Waals surface area contributed by atoms with Gasteiger partial charge in [-0.1, -0.05) is 23.2 Å². The van der Waals surface area contributed by atoms with Crippen molar-refractivity contribution in [3.63, 3.8) is 0 Å². The van der Waals surface area contributed by atoms with Crippen LogP contribution in [-0.2, 0) is 0 Å². The van der Waals surface area contributed by atoms with Crippen molar-refractivity contribution in [3.8, 4) is 0 Å². The van der Waals surface area contributed by atoms with E-state index in [1.54, 1.807) is 30.3 Å². The fraction of sp³-hybridized carbons (Fsp3) is 0.111. The number of hydrogen-bond donors (Lipinski definition) is 2. The van der Waals surface area contributed by atoms with E-state index < -0.39 is 11.9 Å². The van der Waals surface area contributed by atoms with Crippen LogP contribution in [-0.4, -0.2) is 21.9 Å². The number of benzene rings is 2. The molecule has 3 rings (SSSR count). The highest BCUT2D eigenvalue weighted by Crippen LogP contribution is 2.24. The number of aryl methyl sites for hydroxylation is 2. The number of urea groups is 1. The zero-order valence-electron chi connectivity index (χ0n) is 13.9. The summed E-state index contributed by atoms with van der Waals surface area (Å²) >= 11 is 11.7. The van der Waals surface area contributed by atoms with Crippen LogP contribution in [0, 0.1) is 13.8 Å². The maximum Gasteiger partial charge on any atom is 0.326 e. The van der Waals surface area contributed by atoms with Crippen LogP contribution >= 0.6 is 23.2 Å². The molecular weight excluding hydrogens is 375 g/mol. The van der Waals surface area contributed by atoms with Crippen molar-refractivity contribution < 1.29 is 9.59 Å². The number of aromatic nitrogens is 2. The zero-order chi connectivity index (χ0) is 18.8. The predicted molar refractivity (Wildman–Crippen MR) is 102 cm³/mol. The summed E-state index contributed by atoms with van der Waals surface area (Å²) in [4.78, 5) is 33.1. The molecule has 0 fully saturated rings. The summed E-state index contributed by atoms with van der Waals surface area (Å²) in [6, 6.07) is 8.82. The SMILES string of the molecule is Cc1nc2ccc(C(=O)NC(=O)Nc3ccc(Cl)c(Cl)c3)cc2nc1C. The molecule has 2 N–H and O–H groups in total. The summed E-state index contributed by atoms with van der Waals surface area (Å²) in [5.41, 5.74) is 3.61. The fourth-order valence-corrected chi connectivity index (χ4v) is 2.58. The molecule has 1 heterocycles. The number of fused-ring (bicyclic) bond motifs is 1. The summed E-state index contributed by atoms with van der Waals surface area (Å²) in [5, 5.41) is 5.45. The minimum atomic E-state index is -0.681. The molecule has 1 aromatic heterocycles. The number of nitrogens with zero attached hydrogens (tertiary/aromatic N) is 2. The lowest BCUT2D eigenvalue weighted by atomic mass is 10.1. The van der Waals surface area contributed by atoms with Crippen LogP contribution < -0.4 is 10.6 Å². The standard InChI is InChI=1S/C18H14Cl2N4O2/c1-9-10(2)22-16-7-11(3-6-15(16)21-9)17(25)24-18(26)23-12-4-5-13(19)14(20)8-12/h3-8H,1-2H3,(H2,23,24,25,26). The summed E-state index contributed by atoms with van der Waals surface area (Å²) < 4.78 is 0. The van der Waals surface area contributed by atoms with E-state index in [9.17, 15) is 9.59 Å². The van der Waals surface area contributed by atoms with Crippen molar-refractivity contribution in [2.24, 2.45) is 0 Å². The maximum atomic E-state index is 12.3. The van der Waals surface area contributed by atoms with Crippen LogP contribution in [0.15, 0.2) is 36.4 Å². The van der Waals surface area contributed by atoms with Crippen LogP contribution in [0.5, 0.6) is 0 Å². The molecule has 0 atom stereocenters. The maximum absolute atomic E-state index is 12.3. The van der Waals surface area contributed by atoms with Gasteiger partial charge < -0.3 is 5.32 Å². The van der Waals surface area contributed by atoms with E-state index in [1.807, 2.05) is 13.8 Å². The van der Waals surface area contributed by atoms with Gasteiger partial charge in [0.25, 0.3) is 5.91 Å². The first kappa shape index (κ1) is 18.1. The Morgan fingerprint density at radius 2 is 1.58 bits per heavy atom. The minimum Gasteiger partial charge on any atom is -0.308 e. The second-order valence-corrected chi connectivity index (χ2v) is 6.45. The number of carbonyl (C=O) groups excluding carboxylic acids is 2. The Bertz CT molecular complexity index is 1040. The Hall–Kier alpha value is -2.70. The highest BCUT2D eigenvalue weighted by Gasteiger charge is 2.13. The third kappa shape index (κ3) is 3.92. The lowest BCUT2D eigenvalue weighted by molar-refractivity contribution is 0.0967. The van der Waals surface area contributed by atoms with Crippen LogP contribution in [0.3, 0.4) is 0 Å². The Balaban J connectivity index is 1.74. The smallest absolute Gasteiger partial charge is 0.308 e. The van der Waals surface area contributed by atoms with Gasteiger partial charge in [0.15, 0.2) is 0 Å². The first-order valence-corrected chi connectivity index (χ1v) is 8.41. The van der Waals surface area contributed by atoms with Gasteiger partial charge in [-0.25, -0.2) is 14.8 Å². The average molecular weight is 389 g/mol. The quantitative estimate of drug-likeness (QED) is 0.675. The lowest BCUT2D eigenvalue weighted by Gasteiger charge is -2.08. The summed E-state index contributed by atoms with van der Waals surface area (Å²) in [7, 11) is 0. The van der Waals surface area contributed by atoms with Crippen molar-refractivity contribution in [1.82, 2.24) is 15.3 Å². The van der Waals surface area contributed by atoms with Crippen molar-refractivity contribution in [3.05, 3.63) is 63.4 Å². The molecule has 3 aromatic rings. The van der Waals surface area contributed by atoms with Gasteiger partial charge in [0.2, 0.25) is 0 Å². The van der Waals surface area contributed by atoms with E-state index >= 15 is 0 Å². The Morgan fingerprint density at radius 1 is 0.885 bits per heavy atom. The number of rotatable bonds is 2. The highest BCUT2D eigenvalue weighted by molar-refractivity contribution is 6.42. The van der Waals surface area contributed by atoms with E-state index in [1.165, 1.54) is 6.07 Å². The van der Waals surface area contributed by atoms with E-state index in [0.29, 0.717) is 32.3 Å². The van der Waals surface area contributed by atoms with Gasteiger partial charge in [-0.3, -0.25) is 10.1 Å². The molecule has 132 valence electrons. The molecule has 0 saturated heterocycles. The molecule has 2 aromatic carbocycles. The number of nitrogens with one attached hydrogen (secondary N) is 2. The lowest BCUT2D eigenvalue weighted by Crippen LogP contribution is -2.34. The van der Waals surface area contributed by atoms with E-state index in [0.717, 1.165) is 11.4 Å². The molecule has 0 aliphatic carbocycles. The molecule has 0 unspecified atom stereocenters. The molecule has 3 amide bonds. The number of imide groups is 1. The summed E-state index contributed by atoms with van der Waals surface area (Å²) in [6.45, 7) is 3.72. The molecule has 0 spiro atoms. The van der Waals surface area contributed by atoms with Gasteiger partial charge in [0.1, 0.15) is 0 Å². The van der Waals surface area contributed by atoms with Crippen LogP contribution in [0.25, 0.3) is 11.0 Å². The Kier molecular flexibility index (Phi) is 5.06. The van der Waals surface area contributed by atoms with Gasteiger partial charge >= 0.3 is 6.03 Å². The normalized spacial score (nSPS) is 10.6. The van der Waals surface area contributed by atoms with E-state index in [-0.39, 0.29) is 0 Å². The minimum absolute atomic E-state index is 0.301. The zero-order valence-corrected chi connectivity index (χ0v) is 15.4. The number of hydrogen-bond acceptors (Lipinski definition) is 4. The molecule has 8 heteroatoms. The predicted octanol–water partition coefficient (Wildman–Crippen LogP) is 4.52. The van der Waals surface area contributed by atoms with Gasteiger partial charge in [-0.15, -0.1) is 0 Å². The molecule has 0 saturated carbocycles. The fourth-order valence-electron chi connectivity index (χ4n) is 2.28.